The van der Waals surface area contributed by atoms with Crippen LogP contribution in [0.25, 0.3) is 0 Å². The summed E-state index contributed by atoms with van der Waals surface area (Å²) in [6, 6.07) is 4.49. The first-order valence-electron chi connectivity index (χ1n) is 7.75. The molecule has 1 aliphatic rings. The fourth-order valence-electron chi connectivity index (χ4n) is 2.61. The second kappa shape index (κ2) is 6.55. The number of benzene rings is 1. The number of aliphatic imine (C=N–C) groups is 1. The molecule has 1 atom stereocenters. The monoisotopic (exact) mass is 398 g/mol. The van der Waals surface area contributed by atoms with Crippen molar-refractivity contribution < 1.29 is 32.0 Å². The Morgan fingerprint density at radius 3 is 2.71 bits per heavy atom. The highest BCUT2D eigenvalue weighted by Gasteiger charge is 2.56. The van der Waals surface area contributed by atoms with Crippen molar-refractivity contribution in [3.8, 4) is 0 Å². The minimum Gasteiger partial charge on any atom is -0.459 e. The summed E-state index contributed by atoms with van der Waals surface area (Å²) in [5.74, 6) is -6.50. The molecule has 0 unspecified atom stereocenters. The van der Waals surface area contributed by atoms with Crippen LogP contribution >= 0.6 is 0 Å². The number of carbonyl (C=O) groups is 1. The molecule has 9 nitrogen and oxygen atoms in total. The molecule has 1 aromatic carbocycles. The molecule has 2 heterocycles. The number of alkyl halides is 2. The van der Waals surface area contributed by atoms with E-state index >= 15 is 0 Å². The van der Waals surface area contributed by atoms with Gasteiger partial charge in [0.05, 0.1) is 6.07 Å². The highest BCUT2D eigenvalue weighted by molar-refractivity contribution is 6.02. The molecule has 1 aliphatic heterocycles. The minimum atomic E-state index is -3.58. The zero-order valence-electron chi connectivity index (χ0n) is 14.2. The third kappa shape index (κ3) is 3.23. The molecule has 0 saturated heterocycles. The second-order valence-electron chi connectivity index (χ2n) is 6.06. The van der Waals surface area contributed by atoms with E-state index in [1.807, 2.05) is 0 Å². The van der Waals surface area contributed by atoms with E-state index in [0.717, 1.165) is 37.3 Å². The van der Waals surface area contributed by atoms with Gasteiger partial charge in [-0.05, 0) is 31.2 Å². The van der Waals surface area contributed by atoms with E-state index in [4.69, 9.17) is 10.2 Å². The van der Waals surface area contributed by atoms with Crippen LogP contribution in [0.3, 0.4) is 0 Å². The van der Waals surface area contributed by atoms with Crippen LogP contribution in [0.2, 0.25) is 0 Å². The lowest BCUT2D eigenvalue weighted by molar-refractivity contribution is -0.402. The van der Waals surface area contributed by atoms with Gasteiger partial charge in [-0.25, -0.2) is 9.38 Å². The van der Waals surface area contributed by atoms with Gasteiger partial charge >= 0.3 is 11.8 Å². The van der Waals surface area contributed by atoms with Crippen molar-refractivity contribution in [1.29, 1.82) is 0 Å². The summed E-state index contributed by atoms with van der Waals surface area (Å²) in [5, 5.41) is 12.9. The molecule has 0 aliphatic carbocycles. The van der Waals surface area contributed by atoms with E-state index in [1.165, 1.54) is 0 Å². The summed E-state index contributed by atoms with van der Waals surface area (Å²) in [7, 11) is 0. The number of hydrogen-bond acceptors (Lipinski definition) is 7. The molecule has 2 aromatic rings. The number of hydrogen-bond donors (Lipinski definition) is 2. The summed E-state index contributed by atoms with van der Waals surface area (Å²) in [4.78, 5) is 25.5. The van der Waals surface area contributed by atoms with Crippen LogP contribution in [0, 0.1) is 15.9 Å². The first-order valence-corrected chi connectivity index (χ1v) is 7.75. The number of halogens is 3. The Labute approximate surface area is 155 Å². The molecule has 148 valence electrons. The average molecular weight is 398 g/mol. The molecular weight excluding hydrogens is 385 g/mol. The van der Waals surface area contributed by atoms with Gasteiger partial charge in [-0.3, -0.25) is 14.9 Å². The highest BCUT2D eigenvalue weighted by Crippen LogP contribution is 2.44. The van der Waals surface area contributed by atoms with Gasteiger partial charge in [0.15, 0.2) is 17.9 Å². The lowest BCUT2D eigenvalue weighted by atomic mass is 9.85. The largest absolute Gasteiger partial charge is 0.459 e. The fourth-order valence-corrected chi connectivity index (χ4v) is 2.61. The number of nitrogens with two attached hydrogens (primary N) is 1. The Balaban J connectivity index is 1.94. The number of nitro groups is 1. The zero-order chi connectivity index (χ0) is 20.7. The molecule has 0 bridgehead atoms. The van der Waals surface area contributed by atoms with E-state index in [-0.39, 0.29) is 11.4 Å². The van der Waals surface area contributed by atoms with Gasteiger partial charge in [-0.15, -0.1) is 0 Å². The lowest BCUT2D eigenvalue weighted by Gasteiger charge is -2.37. The number of nitrogens with one attached hydrogen (secondary N) is 1. The Kier molecular flexibility index (Phi) is 4.49. The average Bonchev–Trinajstić information content (AvgIpc) is 3.11. The van der Waals surface area contributed by atoms with Crippen molar-refractivity contribution >= 4 is 23.5 Å². The van der Waals surface area contributed by atoms with E-state index in [2.05, 4.69) is 15.0 Å². The molecule has 0 saturated carbocycles. The normalized spacial score (nSPS) is 20.8. The lowest BCUT2D eigenvalue weighted by Crippen LogP contribution is -2.51. The maximum absolute atomic E-state index is 14.4. The van der Waals surface area contributed by atoms with Crippen LogP contribution in [0.15, 0.2) is 39.7 Å². The van der Waals surface area contributed by atoms with Gasteiger partial charge < -0.3 is 20.2 Å². The van der Waals surface area contributed by atoms with Crippen molar-refractivity contribution in [1.82, 2.24) is 0 Å². The zero-order valence-corrected chi connectivity index (χ0v) is 14.2. The number of carbonyl (C=O) groups excluding carboxylic acids is 1. The third-order valence-electron chi connectivity index (χ3n) is 4.19. The summed E-state index contributed by atoms with van der Waals surface area (Å²) in [6.07, 6.45) is 0. The molecule has 0 radical (unpaired) electrons. The Bertz CT molecular complexity index is 990. The molecule has 0 fully saturated rings. The van der Waals surface area contributed by atoms with Crippen LogP contribution in [0.5, 0.6) is 0 Å². The second-order valence-corrected chi connectivity index (χ2v) is 6.06. The summed E-state index contributed by atoms with van der Waals surface area (Å²) < 4.78 is 52.4. The van der Waals surface area contributed by atoms with Gasteiger partial charge in [0, 0.05) is 11.3 Å². The van der Waals surface area contributed by atoms with Crippen molar-refractivity contribution in [2.45, 2.75) is 18.4 Å². The number of amidine groups is 1. The topological polar surface area (TPSA) is 133 Å². The number of amides is 1. The Hall–Kier alpha value is -3.57. The first kappa shape index (κ1) is 19.2. The molecular formula is C16H13F3N4O5. The Morgan fingerprint density at radius 2 is 2.07 bits per heavy atom. The third-order valence-corrected chi connectivity index (χ3v) is 4.19. The quantitative estimate of drug-likeness (QED) is 0.601. The van der Waals surface area contributed by atoms with Crippen LogP contribution in [0.4, 0.5) is 24.7 Å². The predicted molar refractivity (Wildman–Crippen MR) is 89.6 cm³/mol. The van der Waals surface area contributed by atoms with Crippen LogP contribution < -0.4 is 11.1 Å². The van der Waals surface area contributed by atoms with Gasteiger partial charge in [0.1, 0.15) is 10.7 Å². The molecule has 1 aromatic heterocycles. The van der Waals surface area contributed by atoms with Crippen LogP contribution in [0.1, 0.15) is 23.0 Å². The van der Waals surface area contributed by atoms with Gasteiger partial charge in [-0.2, -0.15) is 8.78 Å². The number of rotatable bonds is 4. The highest BCUT2D eigenvalue weighted by atomic mass is 19.3. The van der Waals surface area contributed by atoms with Crippen LogP contribution in [-0.2, 0) is 10.3 Å². The maximum Gasteiger partial charge on any atom is 0.433 e. The number of furan rings is 1. The molecule has 28 heavy (non-hydrogen) atoms. The van der Waals surface area contributed by atoms with E-state index < -0.39 is 52.2 Å². The van der Waals surface area contributed by atoms with Gasteiger partial charge in [0.25, 0.3) is 11.9 Å². The summed E-state index contributed by atoms with van der Waals surface area (Å²) in [5.41, 5.74) is 2.42. The van der Waals surface area contributed by atoms with Crippen molar-refractivity contribution in [3.05, 3.63) is 57.6 Å². The van der Waals surface area contributed by atoms with Crippen molar-refractivity contribution in [2.24, 2.45) is 10.7 Å². The molecule has 0 spiro atoms. The van der Waals surface area contributed by atoms with Gasteiger partial charge in [-0.1, -0.05) is 0 Å². The number of ether oxygens (including phenoxy) is 1. The number of anilines is 1. The predicted octanol–water partition coefficient (Wildman–Crippen LogP) is 2.77. The maximum atomic E-state index is 14.4. The minimum absolute atomic E-state index is 0.0576. The smallest absolute Gasteiger partial charge is 0.433 e. The summed E-state index contributed by atoms with van der Waals surface area (Å²) >= 11 is 0. The van der Waals surface area contributed by atoms with E-state index in [0.29, 0.717) is 0 Å². The van der Waals surface area contributed by atoms with E-state index in [9.17, 15) is 28.1 Å². The van der Waals surface area contributed by atoms with Crippen LogP contribution in [-0.4, -0.2) is 29.4 Å². The Morgan fingerprint density at radius 1 is 1.36 bits per heavy atom. The standard InChI is InChI=1S/C16H13F3N4O5/c1-15(16(18,19)7-27-14(20)22-15)9-6-8(2-3-10(9)17)21-13(24)11-4-5-12(28-11)23(25)26/h2-6H,7H2,1H3,(H2,20,22)(H,21,24)/t15-/m1/s1. The molecule has 12 heteroatoms. The summed E-state index contributed by atoms with van der Waals surface area (Å²) in [6.45, 7) is -0.104. The first-order chi connectivity index (χ1) is 13.0. The molecule has 1 amide bonds. The van der Waals surface area contributed by atoms with Gasteiger partial charge in [0.2, 0.25) is 0 Å². The number of nitrogens with zero attached hydrogens (tertiary/aromatic N) is 2. The molecule has 3 N–H and O–H groups in total. The van der Waals surface area contributed by atoms with E-state index in [1.54, 1.807) is 0 Å². The molecule has 3 rings (SSSR count). The SMILES string of the molecule is C[C@]1(c2cc(NC(=O)c3ccc([N+](=O)[O-])o3)ccc2F)N=C(N)OCC1(F)F. The van der Waals surface area contributed by atoms with Crippen molar-refractivity contribution in [3.63, 3.8) is 0 Å². The van der Waals surface area contributed by atoms with Crippen molar-refractivity contribution in [2.75, 3.05) is 11.9 Å². The fraction of sp³-hybridized carbons (Fsp3) is 0.250.